The van der Waals surface area contributed by atoms with Crippen LogP contribution >= 0.6 is 0 Å². The highest BCUT2D eigenvalue weighted by Gasteiger charge is 2.32. The van der Waals surface area contributed by atoms with Crippen LogP contribution in [-0.4, -0.2) is 33.4 Å². The minimum Gasteiger partial charge on any atom is -0.382 e. The van der Waals surface area contributed by atoms with Crippen LogP contribution in [0.3, 0.4) is 0 Å². The Hall–Kier alpha value is -1.23. The van der Waals surface area contributed by atoms with Gasteiger partial charge in [0.15, 0.2) is 0 Å². The number of hydrogen-bond acceptors (Lipinski definition) is 3. The Morgan fingerprint density at radius 1 is 1.15 bits per heavy atom. The Balaban J connectivity index is 2.17. The summed E-state index contributed by atoms with van der Waals surface area (Å²) in [4.78, 5) is 0.783. The van der Waals surface area contributed by atoms with Crippen LogP contribution in [0.25, 0.3) is 0 Å². The van der Waals surface area contributed by atoms with Crippen molar-refractivity contribution < 1.29 is 14.1 Å². The van der Waals surface area contributed by atoms with E-state index in [4.69, 9.17) is 4.74 Å². The molecule has 0 fully saturated rings. The van der Waals surface area contributed by atoms with Crippen molar-refractivity contribution in [2.24, 2.45) is 0 Å². The topological polar surface area (TPSA) is 46.5 Å². The van der Waals surface area contributed by atoms with Gasteiger partial charge in [-0.15, -0.1) is 0 Å². The lowest BCUT2D eigenvalue weighted by Crippen LogP contribution is -2.38. The van der Waals surface area contributed by atoms with Gasteiger partial charge in [0.05, 0.1) is 22.2 Å². The fourth-order valence-corrected chi connectivity index (χ4v) is 3.33. The Bertz CT molecular complexity index is 540. The molecule has 108 valence electrons. The molecule has 2 rings (SSSR count). The van der Waals surface area contributed by atoms with Gasteiger partial charge in [0.25, 0.3) is 0 Å². The molecule has 0 bridgehead atoms. The molecule has 1 aliphatic carbocycles. The van der Waals surface area contributed by atoms with Crippen molar-refractivity contribution in [3.63, 3.8) is 0 Å². The summed E-state index contributed by atoms with van der Waals surface area (Å²) in [5.74, 6) is 0.329. The highest BCUT2D eigenvalue weighted by molar-refractivity contribution is 7.85. The summed E-state index contributed by atoms with van der Waals surface area (Å²) in [5.41, 5.74) is -0.550. The van der Waals surface area contributed by atoms with Gasteiger partial charge in [0.1, 0.15) is 5.60 Å². The number of aliphatic hydroxyl groups is 1. The monoisotopic (exact) mass is 292 g/mol. The van der Waals surface area contributed by atoms with E-state index in [2.05, 4.69) is 0 Å². The minimum atomic E-state index is -1.16. The Morgan fingerprint density at radius 2 is 1.70 bits per heavy atom. The van der Waals surface area contributed by atoms with Crippen molar-refractivity contribution in [1.82, 2.24) is 0 Å². The molecule has 1 N–H and O–H groups in total. The van der Waals surface area contributed by atoms with E-state index in [1.807, 2.05) is 31.2 Å². The maximum Gasteiger partial charge on any atom is 0.116 e. The summed E-state index contributed by atoms with van der Waals surface area (Å²) in [6, 6.07) is 7.65. The fourth-order valence-electron chi connectivity index (χ4n) is 2.00. The molecule has 1 aromatic carbocycles. The van der Waals surface area contributed by atoms with Gasteiger partial charge in [-0.05, 0) is 38.1 Å². The first-order chi connectivity index (χ1) is 9.36. The van der Waals surface area contributed by atoms with Crippen LogP contribution in [0.5, 0.6) is 0 Å². The maximum absolute atomic E-state index is 12.5. The van der Waals surface area contributed by atoms with Gasteiger partial charge >= 0.3 is 0 Å². The van der Waals surface area contributed by atoms with Crippen molar-refractivity contribution in [1.29, 1.82) is 0 Å². The molecular weight excluding hydrogens is 272 g/mol. The molecule has 1 aliphatic rings. The second-order valence-corrected chi connectivity index (χ2v) is 6.81. The zero-order valence-corrected chi connectivity index (χ0v) is 12.8. The van der Waals surface area contributed by atoms with Crippen molar-refractivity contribution in [3.05, 3.63) is 54.1 Å². The average molecular weight is 292 g/mol. The molecule has 0 saturated heterocycles. The van der Waals surface area contributed by atoms with Crippen LogP contribution in [0.15, 0.2) is 53.5 Å². The molecule has 0 unspecified atom stereocenters. The first-order valence-electron chi connectivity index (χ1n) is 6.49. The Morgan fingerprint density at radius 3 is 2.20 bits per heavy atom. The van der Waals surface area contributed by atoms with Crippen LogP contribution in [0.4, 0.5) is 0 Å². The second kappa shape index (κ2) is 5.64. The number of benzene rings is 1. The van der Waals surface area contributed by atoms with Gasteiger partial charge in [0, 0.05) is 12.0 Å². The van der Waals surface area contributed by atoms with Gasteiger partial charge < -0.3 is 9.84 Å². The molecule has 0 radical (unpaired) electrons. The third kappa shape index (κ3) is 3.45. The lowest BCUT2D eigenvalue weighted by atomic mass is 9.92. The summed E-state index contributed by atoms with van der Waals surface area (Å²) >= 11 is 0. The van der Waals surface area contributed by atoms with Crippen LogP contribution in [0.1, 0.15) is 12.5 Å². The highest BCUT2D eigenvalue weighted by atomic mass is 32.2. The molecule has 3 nitrogen and oxygen atoms in total. The van der Waals surface area contributed by atoms with Crippen LogP contribution in [0.2, 0.25) is 0 Å². The van der Waals surface area contributed by atoms with Gasteiger partial charge in [-0.3, -0.25) is 4.21 Å². The van der Waals surface area contributed by atoms with Gasteiger partial charge in [0.2, 0.25) is 0 Å². The smallest absolute Gasteiger partial charge is 0.116 e. The summed E-state index contributed by atoms with van der Waals surface area (Å²) < 4.78 is 18.0. The van der Waals surface area contributed by atoms with Crippen LogP contribution < -0.4 is 0 Å². The molecule has 0 amide bonds. The van der Waals surface area contributed by atoms with E-state index < -0.39 is 22.0 Å². The largest absolute Gasteiger partial charge is 0.382 e. The van der Waals surface area contributed by atoms with E-state index in [0.717, 1.165) is 10.5 Å². The number of ether oxygens (including phenoxy) is 1. The quantitative estimate of drug-likeness (QED) is 0.867. The first-order valence-corrected chi connectivity index (χ1v) is 7.81. The molecule has 0 aliphatic heterocycles. The Kier molecular flexibility index (Phi) is 4.28. The van der Waals surface area contributed by atoms with E-state index >= 15 is 0 Å². The molecule has 0 saturated carbocycles. The fraction of sp³-hybridized carbons (Fsp3) is 0.375. The van der Waals surface area contributed by atoms with Crippen molar-refractivity contribution in [3.8, 4) is 0 Å². The zero-order chi connectivity index (χ0) is 14.8. The van der Waals surface area contributed by atoms with Gasteiger partial charge in [-0.2, -0.15) is 0 Å². The molecule has 0 spiro atoms. The predicted molar refractivity (Wildman–Crippen MR) is 81.1 cm³/mol. The molecule has 1 atom stereocenters. The highest BCUT2D eigenvalue weighted by Crippen LogP contribution is 2.26. The van der Waals surface area contributed by atoms with E-state index in [1.165, 1.54) is 0 Å². The summed E-state index contributed by atoms with van der Waals surface area (Å²) in [7, 11) is 0.422. The molecule has 0 heterocycles. The third-order valence-corrected chi connectivity index (χ3v) is 4.94. The molecule has 20 heavy (non-hydrogen) atoms. The molecule has 4 heteroatoms. The summed E-state index contributed by atoms with van der Waals surface area (Å²) in [5, 5.41) is 9.88. The number of methoxy groups -OCH3 is 1. The SMILES string of the molecule is COC1(C[S@@](=O)c2ccc(C)cc2)C=CC(C)(O)C=C1. The first kappa shape index (κ1) is 15.2. The van der Waals surface area contributed by atoms with Crippen molar-refractivity contribution in [2.45, 2.75) is 29.9 Å². The minimum absolute atomic E-state index is 0.329. The lowest BCUT2D eigenvalue weighted by molar-refractivity contribution is 0.0816. The zero-order valence-electron chi connectivity index (χ0n) is 12.0. The van der Waals surface area contributed by atoms with E-state index in [9.17, 15) is 9.32 Å². The van der Waals surface area contributed by atoms with Crippen LogP contribution in [0, 0.1) is 6.92 Å². The van der Waals surface area contributed by atoms with Gasteiger partial charge in [-0.1, -0.05) is 29.8 Å². The summed E-state index contributed by atoms with van der Waals surface area (Å²) in [6.07, 6.45) is 6.89. The van der Waals surface area contributed by atoms with Crippen LogP contribution in [-0.2, 0) is 15.5 Å². The number of hydrogen-bond donors (Lipinski definition) is 1. The number of rotatable bonds is 4. The average Bonchev–Trinajstić information content (AvgIpc) is 2.42. The van der Waals surface area contributed by atoms with E-state index in [1.54, 1.807) is 38.3 Å². The van der Waals surface area contributed by atoms with Gasteiger partial charge in [-0.25, -0.2) is 0 Å². The second-order valence-electron chi connectivity index (χ2n) is 5.35. The molecule has 0 aromatic heterocycles. The number of aryl methyl sites for hydroxylation is 1. The summed E-state index contributed by atoms with van der Waals surface area (Å²) in [6.45, 7) is 3.69. The maximum atomic E-state index is 12.5. The van der Waals surface area contributed by atoms with Crippen molar-refractivity contribution in [2.75, 3.05) is 12.9 Å². The lowest BCUT2D eigenvalue weighted by Gasteiger charge is -2.31. The predicted octanol–water partition coefficient (Wildman–Crippen LogP) is 2.36. The molecular formula is C16H20O3S. The normalized spacial score (nSPS) is 30.4. The van der Waals surface area contributed by atoms with Crippen molar-refractivity contribution >= 4 is 10.8 Å². The third-order valence-electron chi connectivity index (χ3n) is 3.43. The van der Waals surface area contributed by atoms with E-state index in [0.29, 0.717) is 5.75 Å². The Labute approximate surface area is 122 Å². The molecule has 1 aromatic rings. The standard InChI is InChI=1S/C16H20O3S/c1-13-4-6-14(7-5-13)20(18)12-16(19-3)10-8-15(2,17)9-11-16/h4-11,17H,12H2,1-3H3/t15?,16?,20-/m1/s1. The van der Waals surface area contributed by atoms with E-state index in [-0.39, 0.29) is 0 Å².